The molecule has 1 aliphatic heterocycles. The smallest absolute Gasteiger partial charge is 0.267 e. The van der Waals surface area contributed by atoms with Crippen LogP contribution in [0, 0.1) is 0 Å². The number of nitrogens with zero attached hydrogens (tertiary/aromatic N) is 1. The fourth-order valence-electron chi connectivity index (χ4n) is 4.16. The summed E-state index contributed by atoms with van der Waals surface area (Å²) in [5.74, 6) is -0.558. The van der Waals surface area contributed by atoms with Crippen molar-refractivity contribution in [1.29, 1.82) is 0 Å². The van der Waals surface area contributed by atoms with Gasteiger partial charge in [0.25, 0.3) is 5.91 Å². The molecule has 6 heteroatoms. The minimum absolute atomic E-state index is 0.263. The van der Waals surface area contributed by atoms with Crippen molar-refractivity contribution in [2.24, 2.45) is 0 Å². The molecule has 164 valence electrons. The Morgan fingerprint density at radius 1 is 1.19 bits per heavy atom. The SMILES string of the molecule is C/C=C(\C[C@H]1C[C@H](O)CN1Cc1ccc(/C=C/C(=O)NO)cc1)c1ccccc1NC. The third kappa shape index (κ3) is 6.04. The van der Waals surface area contributed by atoms with E-state index in [0.717, 1.165) is 36.2 Å². The van der Waals surface area contributed by atoms with Crippen molar-refractivity contribution in [1.82, 2.24) is 10.4 Å². The number of anilines is 1. The van der Waals surface area contributed by atoms with Crippen molar-refractivity contribution in [2.45, 2.75) is 38.5 Å². The zero-order chi connectivity index (χ0) is 22.2. The predicted octanol–water partition coefficient (Wildman–Crippen LogP) is 3.68. The molecule has 6 nitrogen and oxygen atoms in total. The van der Waals surface area contributed by atoms with Gasteiger partial charge in [0.2, 0.25) is 0 Å². The van der Waals surface area contributed by atoms with Crippen molar-refractivity contribution in [3.63, 3.8) is 0 Å². The van der Waals surface area contributed by atoms with Crippen molar-refractivity contribution in [3.05, 3.63) is 77.4 Å². The topological polar surface area (TPSA) is 84.8 Å². The number of aliphatic hydroxyl groups excluding tert-OH is 1. The van der Waals surface area contributed by atoms with E-state index in [4.69, 9.17) is 5.21 Å². The second-order valence-electron chi connectivity index (χ2n) is 7.84. The van der Waals surface area contributed by atoms with Gasteiger partial charge in [-0.3, -0.25) is 14.9 Å². The Morgan fingerprint density at radius 2 is 1.94 bits per heavy atom. The van der Waals surface area contributed by atoms with E-state index < -0.39 is 5.91 Å². The quantitative estimate of drug-likeness (QED) is 0.297. The van der Waals surface area contributed by atoms with E-state index in [2.05, 4.69) is 41.4 Å². The van der Waals surface area contributed by atoms with Crippen molar-refractivity contribution in [2.75, 3.05) is 18.9 Å². The highest BCUT2D eigenvalue weighted by atomic mass is 16.5. The van der Waals surface area contributed by atoms with E-state index in [9.17, 15) is 9.90 Å². The molecule has 0 spiro atoms. The molecule has 1 heterocycles. The van der Waals surface area contributed by atoms with Crippen LogP contribution in [0.3, 0.4) is 0 Å². The summed E-state index contributed by atoms with van der Waals surface area (Å²) in [5, 5.41) is 22.2. The minimum atomic E-state index is -0.558. The van der Waals surface area contributed by atoms with Crippen LogP contribution in [-0.4, -0.2) is 46.9 Å². The van der Waals surface area contributed by atoms with Crippen LogP contribution in [0.1, 0.15) is 36.5 Å². The van der Waals surface area contributed by atoms with Gasteiger partial charge < -0.3 is 10.4 Å². The van der Waals surface area contributed by atoms with Gasteiger partial charge in [0.15, 0.2) is 0 Å². The lowest BCUT2D eigenvalue weighted by Crippen LogP contribution is -2.29. The molecule has 1 aliphatic rings. The number of aliphatic hydroxyl groups is 1. The number of carbonyl (C=O) groups is 1. The maximum Gasteiger partial charge on any atom is 0.267 e. The van der Waals surface area contributed by atoms with Crippen molar-refractivity contribution < 1.29 is 15.1 Å². The lowest BCUT2D eigenvalue weighted by Gasteiger charge is -2.26. The third-order valence-corrected chi connectivity index (χ3v) is 5.75. The van der Waals surface area contributed by atoms with E-state index >= 15 is 0 Å². The molecule has 0 aliphatic carbocycles. The first-order valence-electron chi connectivity index (χ1n) is 10.6. The Hall–Kier alpha value is -2.93. The van der Waals surface area contributed by atoms with Crippen LogP contribution in [0.5, 0.6) is 0 Å². The number of carbonyl (C=O) groups excluding carboxylic acids is 1. The number of benzene rings is 2. The summed E-state index contributed by atoms with van der Waals surface area (Å²) >= 11 is 0. The van der Waals surface area contributed by atoms with Crippen molar-refractivity contribution in [3.8, 4) is 0 Å². The molecule has 2 aromatic carbocycles. The first-order valence-corrected chi connectivity index (χ1v) is 10.6. The molecule has 4 N–H and O–H groups in total. The zero-order valence-electron chi connectivity index (χ0n) is 18.1. The lowest BCUT2D eigenvalue weighted by molar-refractivity contribution is -0.124. The number of amides is 1. The van der Waals surface area contributed by atoms with Crippen LogP contribution in [0.25, 0.3) is 11.6 Å². The summed E-state index contributed by atoms with van der Waals surface area (Å²) in [6.45, 7) is 3.49. The van der Waals surface area contributed by atoms with Gasteiger partial charge >= 0.3 is 0 Å². The highest BCUT2D eigenvalue weighted by Gasteiger charge is 2.31. The molecular weight excluding hydrogens is 390 g/mol. The second kappa shape index (κ2) is 10.9. The molecular formula is C25H31N3O3. The summed E-state index contributed by atoms with van der Waals surface area (Å²) in [4.78, 5) is 13.5. The molecule has 2 atom stereocenters. The van der Waals surface area contributed by atoms with Crippen LogP contribution < -0.4 is 10.8 Å². The predicted molar refractivity (Wildman–Crippen MR) is 124 cm³/mol. The first kappa shape index (κ1) is 22.7. The number of nitrogens with one attached hydrogen (secondary N) is 2. The highest BCUT2D eigenvalue weighted by Crippen LogP contribution is 2.32. The third-order valence-electron chi connectivity index (χ3n) is 5.75. The van der Waals surface area contributed by atoms with Crippen LogP contribution in [-0.2, 0) is 11.3 Å². The zero-order valence-corrected chi connectivity index (χ0v) is 18.1. The Kier molecular flexibility index (Phi) is 8.00. The van der Waals surface area contributed by atoms with Crippen molar-refractivity contribution >= 4 is 23.2 Å². The van der Waals surface area contributed by atoms with Gasteiger partial charge in [-0.2, -0.15) is 0 Å². The normalized spacial score (nSPS) is 19.7. The number of allylic oxidation sites excluding steroid dienone is 1. The molecule has 31 heavy (non-hydrogen) atoms. The summed E-state index contributed by atoms with van der Waals surface area (Å²) in [6.07, 6.45) is 6.42. The van der Waals surface area contributed by atoms with Gasteiger partial charge in [0.05, 0.1) is 6.10 Å². The van der Waals surface area contributed by atoms with E-state index in [0.29, 0.717) is 6.54 Å². The average molecular weight is 422 g/mol. The number of hydrogen-bond donors (Lipinski definition) is 4. The molecule has 0 saturated carbocycles. The number of β-amino-alcohol motifs (C(OH)–C–C–N with tert-alkyl or cyclic N) is 1. The molecule has 0 aromatic heterocycles. The summed E-state index contributed by atoms with van der Waals surface area (Å²) < 4.78 is 0. The molecule has 0 unspecified atom stereocenters. The Labute approximate surface area is 183 Å². The van der Waals surface area contributed by atoms with E-state index in [1.807, 2.05) is 37.4 Å². The van der Waals surface area contributed by atoms with Gasteiger partial charge in [0.1, 0.15) is 0 Å². The second-order valence-corrected chi connectivity index (χ2v) is 7.84. The van der Waals surface area contributed by atoms with Gasteiger partial charge in [-0.05, 0) is 48.6 Å². The molecule has 1 amide bonds. The lowest BCUT2D eigenvalue weighted by atomic mass is 9.95. The Morgan fingerprint density at radius 3 is 2.61 bits per heavy atom. The standard InChI is InChI=1S/C25H31N3O3/c1-3-20(23-6-4-5-7-24(23)26-2)14-21-15-22(29)17-28(21)16-19-10-8-18(9-11-19)12-13-25(30)27-31/h3-13,21-22,26,29,31H,14-17H2,1-2H3,(H,27,30)/b13-12+,20-3+/t21-,22-/m0/s1. The van der Waals surface area contributed by atoms with Gasteiger partial charge in [-0.25, -0.2) is 5.48 Å². The molecule has 0 bridgehead atoms. The fourth-order valence-corrected chi connectivity index (χ4v) is 4.16. The van der Waals surface area contributed by atoms with Gasteiger partial charge in [-0.15, -0.1) is 0 Å². The number of para-hydroxylation sites is 1. The minimum Gasteiger partial charge on any atom is -0.392 e. The largest absolute Gasteiger partial charge is 0.392 e. The molecule has 1 saturated heterocycles. The average Bonchev–Trinajstić information content (AvgIpc) is 3.15. The van der Waals surface area contributed by atoms with E-state index in [1.165, 1.54) is 17.2 Å². The maximum atomic E-state index is 11.1. The maximum absolute atomic E-state index is 11.1. The van der Waals surface area contributed by atoms with Crippen LogP contribution in [0.15, 0.2) is 60.7 Å². The van der Waals surface area contributed by atoms with Crippen LogP contribution in [0.4, 0.5) is 5.69 Å². The summed E-state index contributed by atoms with van der Waals surface area (Å²) in [6, 6.07) is 16.5. The summed E-state index contributed by atoms with van der Waals surface area (Å²) in [7, 11) is 1.94. The van der Waals surface area contributed by atoms with Crippen LogP contribution in [0.2, 0.25) is 0 Å². The number of hydroxylamine groups is 1. The van der Waals surface area contributed by atoms with Gasteiger partial charge in [-0.1, -0.05) is 48.5 Å². The highest BCUT2D eigenvalue weighted by molar-refractivity contribution is 5.90. The summed E-state index contributed by atoms with van der Waals surface area (Å²) in [5.41, 5.74) is 7.20. The molecule has 3 rings (SSSR count). The number of likely N-dealkylation sites (tertiary alicyclic amines) is 1. The first-order chi connectivity index (χ1) is 15.0. The molecule has 0 radical (unpaired) electrons. The molecule has 1 fully saturated rings. The fraction of sp³-hybridized carbons (Fsp3) is 0.320. The van der Waals surface area contributed by atoms with Crippen LogP contribution >= 0.6 is 0 Å². The van der Waals surface area contributed by atoms with Gasteiger partial charge in [0, 0.05) is 43.5 Å². The Bertz CT molecular complexity index is 937. The van der Waals surface area contributed by atoms with E-state index in [-0.39, 0.29) is 12.1 Å². The number of rotatable bonds is 8. The number of hydrogen-bond acceptors (Lipinski definition) is 5. The molecule has 2 aromatic rings. The monoisotopic (exact) mass is 421 g/mol. The Balaban J connectivity index is 1.70. The van der Waals surface area contributed by atoms with E-state index in [1.54, 1.807) is 11.6 Å².